The maximum atomic E-state index is 13.1. The Hall–Kier alpha value is -3.14. The van der Waals surface area contributed by atoms with Crippen LogP contribution in [0.4, 0.5) is 0 Å². The molecule has 2 amide bonds. The van der Waals surface area contributed by atoms with Crippen LogP contribution < -0.4 is 5.32 Å². The molecule has 0 saturated carbocycles. The van der Waals surface area contributed by atoms with Gasteiger partial charge in [0.15, 0.2) is 5.69 Å². The number of furan rings is 1. The van der Waals surface area contributed by atoms with E-state index in [0.717, 1.165) is 6.26 Å². The van der Waals surface area contributed by atoms with Crippen molar-refractivity contribution in [3.63, 3.8) is 0 Å². The number of aromatic nitrogens is 2. The third kappa shape index (κ3) is 3.95. The predicted octanol–water partition coefficient (Wildman–Crippen LogP) is 1.50. The molecule has 1 aliphatic rings. The van der Waals surface area contributed by atoms with Gasteiger partial charge in [0, 0.05) is 31.5 Å². The Balaban J connectivity index is 1.44. The average Bonchev–Trinajstić information content (AvgIpc) is 3.39. The minimum absolute atomic E-state index is 0.0645. The van der Waals surface area contributed by atoms with Crippen LogP contribution in [0.3, 0.4) is 0 Å². The molecule has 0 atom stereocenters. The summed E-state index contributed by atoms with van der Waals surface area (Å²) in [4.78, 5) is 31.2. The lowest BCUT2D eigenvalue weighted by Crippen LogP contribution is -2.43. The summed E-state index contributed by atoms with van der Waals surface area (Å²) < 4.78 is 30.8. The fourth-order valence-electron chi connectivity index (χ4n) is 3.65. The number of nitrogens with zero attached hydrogens (tertiary/aromatic N) is 3. The van der Waals surface area contributed by atoms with Gasteiger partial charge in [-0.3, -0.25) is 14.0 Å². The van der Waals surface area contributed by atoms with E-state index in [4.69, 9.17) is 4.42 Å². The van der Waals surface area contributed by atoms with Crippen LogP contribution in [-0.2, 0) is 21.2 Å². The number of likely N-dealkylation sites (tertiary alicyclic amines) is 1. The van der Waals surface area contributed by atoms with E-state index in [9.17, 15) is 18.0 Å². The van der Waals surface area contributed by atoms with E-state index in [-0.39, 0.29) is 28.6 Å². The minimum Gasteiger partial charge on any atom is -0.467 e. The number of nitrogens with one attached hydrogen (secondary N) is 1. The Bertz CT molecular complexity index is 1180. The number of hydrogen-bond acceptors (Lipinski definition) is 6. The van der Waals surface area contributed by atoms with Gasteiger partial charge in [-0.05, 0) is 37.1 Å². The zero-order valence-corrected chi connectivity index (χ0v) is 17.3. The van der Waals surface area contributed by atoms with Crippen molar-refractivity contribution in [2.45, 2.75) is 24.5 Å². The van der Waals surface area contributed by atoms with E-state index >= 15 is 0 Å². The molecule has 0 unspecified atom stereocenters. The molecule has 0 bridgehead atoms. The molecule has 4 heterocycles. The average molecular weight is 430 g/mol. The van der Waals surface area contributed by atoms with Crippen molar-refractivity contribution in [2.75, 3.05) is 19.3 Å². The lowest BCUT2D eigenvalue weighted by Gasteiger charge is -2.31. The van der Waals surface area contributed by atoms with Gasteiger partial charge in [0.05, 0.1) is 18.3 Å². The lowest BCUT2D eigenvalue weighted by molar-refractivity contribution is -0.126. The maximum Gasteiger partial charge on any atom is 0.274 e. The summed E-state index contributed by atoms with van der Waals surface area (Å²) in [6.07, 6.45) is 5.25. The van der Waals surface area contributed by atoms with E-state index in [0.29, 0.717) is 43.8 Å². The normalized spacial score (nSPS) is 15.4. The highest BCUT2D eigenvalue weighted by Crippen LogP contribution is 2.23. The Morgan fingerprint density at radius 3 is 2.63 bits per heavy atom. The number of amides is 2. The molecule has 10 heteroatoms. The van der Waals surface area contributed by atoms with Crippen molar-refractivity contribution in [1.29, 1.82) is 0 Å². The zero-order chi connectivity index (χ0) is 21.3. The predicted molar refractivity (Wildman–Crippen MR) is 107 cm³/mol. The Morgan fingerprint density at radius 1 is 1.20 bits per heavy atom. The largest absolute Gasteiger partial charge is 0.467 e. The number of carbonyl (C=O) groups is 2. The van der Waals surface area contributed by atoms with Gasteiger partial charge < -0.3 is 14.6 Å². The molecule has 0 aliphatic carbocycles. The Labute approximate surface area is 173 Å². The van der Waals surface area contributed by atoms with Crippen LogP contribution in [0.15, 0.2) is 52.4 Å². The minimum atomic E-state index is -3.60. The molecule has 1 aliphatic heterocycles. The standard InChI is InChI=1S/C20H22N4O5S/c1-30(27,28)20-22-17(16-6-2-3-9-24(16)20)19(26)23-10-7-14(8-11-23)18(25)21-13-15-5-4-12-29-15/h2-6,9,12,14H,7-8,10-11,13H2,1H3,(H,21,25). The smallest absolute Gasteiger partial charge is 0.274 e. The Kier molecular flexibility index (Phi) is 5.33. The van der Waals surface area contributed by atoms with E-state index in [2.05, 4.69) is 10.3 Å². The van der Waals surface area contributed by atoms with Gasteiger partial charge in [0.2, 0.25) is 20.9 Å². The monoisotopic (exact) mass is 430 g/mol. The molecule has 9 nitrogen and oxygen atoms in total. The van der Waals surface area contributed by atoms with Crippen molar-refractivity contribution in [2.24, 2.45) is 5.92 Å². The van der Waals surface area contributed by atoms with Gasteiger partial charge in [-0.25, -0.2) is 13.4 Å². The molecule has 0 spiro atoms. The van der Waals surface area contributed by atoms with E-state index < -0.39 is 9.84 Å². The number of piperidine rings is 1. The summed E-state index contributed by atoms with van der Waals surface area (Å²) in [5.41, 5.74) is 0.554. The first-order chi connectivity index (χ1) is 14.3. The fraction of sp³-hybridized carbons (Fsp3) is 0.350. The topological polar surface area (TPSA) is 114 Å². The number of rotatable bonds is 5. The molecule has 0 aromatic carbocycles. The number of sulfone groups is 1. The number of hydrogen-bond donors (Lipinski definition) is 1. The third-order valence-electron chi connectivity index (χ3n) is 5.22. The highest BCUT2D eigenvalue weighted by atomic mass is 32.2. The molecule has 30 heavy (non-hydrogen) atoms. The molecular weight excluding hydrogens is 408 g/mol. The molecule has 158 valence electrons. The highest BCUT2D eigenvalue weighted by Gasteiger charge is 2.31. The molecule has 1 saturated heterocycles. The third-order valence-corrected chi connectivity index (χ3v) is 6.17. The van der Waals surface area contributed by atoms with Crippen molar-refractivity contribution in [1.82, 2.24) is 19.6 Å². The molecule has 1 fully saturated rings. The van der Waals surface area contributed by atoms with Crippen LogP contribution >= 0.6 is 0 Å². The Morgan fingerprint density at radius 2 is 1.97 bits per heavy atom. The zero-order valence-electron chi connectivity index (χ0n) is 16.4. The van der Waals surface area contributed by atoms with Crippen LogP contribution in [0.5, 0.6) is 0 Å². The molecular formula is C20H22N4O5S. The van der Waals surface area contributed by atoms with Crippen molar-refractivity contribution < 1.29 is 22.4 Å². The van der Waals surface area contributed by atoms with Crippen molar-refractivity contribution in [3.05, 3.63) is 54.2 Å². The van der Waals surface area contributed by atoms with Crippen LogP contribution in [-0.4, -0.2) is 53.9 Å². The van der Waals surface area contributed by atoms with Gasteiger partial charge in [-0.2, -0.15) is 0 Å². The second-order valence-corrected chi connectivity index (χ2v) is 9.24. The number of imidazole rings is 1. The van der Waals surface area contributed by atoms with Gasteiger partial charge >= 0.3 is 0 Å². The number of fused-ring (bicyclic) bond motifs is 1. The van der Waals surface area contributed by atoms with Crippen LogP contribution in [0.25, 0.3) is 5.52 Å². The van der Waals surface area contributed by atoms with Gasteiger partial charge in [0.1, 0.15) is 5.76 Å². The molecule has 1 N–H and O–H groups in total. The molecule has 3 aromatic rings. The highest BCUT2D eigenvalue weighted by molar-refractivity contribution is 7.90. The van der Waals surface area contributed by atoms with Gasteiger partial charge in [0.25, 0.3) is 5.91 Å². The molecule has 3 aromatic heterocycles. The second-order valence-electron chi connectivity index (χ2n) is 7.33. The summed E-state index contributed by atoms with van der Waals surface area (Å²) >= 11 is 0. The lowest BCUT2D eigenvalue weighted by atomic mass is 9.95. The summed E-state index contributed by atoms with van der Waals surface area (Å²) in [6, 6.07) is 8.64. The summed E-state index contributed by atoms with van der Waals surface area (Å²) in [5.74, 6) is 0.104. The first-order valence-electron chi connectivity index (χ1n) is 9.61. The first kappa shape index (κ1) is 20.1. The fourth-order valence-corrected chi connectivity index (χ4v) is 4.43. The van der Waals surface area contributed by atoms with Gasteiger partial charge in [-0.1, -0.05) is 6.07 Å². The summed E-state index contributed by atoms with van der Waals surface area (Å²) in [7, 11) is -3.60. The van der Waals surface area contributed by atoms with Crippen molar-refractivity contribution >= 4 is 27.2 Å². The van der Waals surface area contributed by atoms with Crippen molar-refractivity contribution in [3.8, 4) is 0 Å². The maximum absolute atomic E-state index is 13.1. The molecule has 0 radical (unpaired) electrons. The van der Waals surface area contributed by atoms with Crippen LogP contribution in [0, 0.1) is 5.92 Å². The molecule has 4 rings (SSSR count). The van der Waals surface area contributed by atoms with Gasteiger partial charge in [-0.15, -0.1) is 0 Å². The SMILES string of the molecule is CS(=O)(=O)c1nc(C(=O)N2CCC(C(=O)NCc3ccco3)CC2)c2ccccn12. The van der Waals surface area contributed by atoms with E-state index in [1.165, 1.54) is 4.40 Å². The quantitative estimate of drug-likeness (QED) is 0.656. The number of pyridine rings is 1. The van der Waals surface area contributed by atoms with E-state index in [1.807, 2.05) is 0 Å². The van der Waals surface area contributed by atoms with Crippen LogP contribution in [0.1, 0.15) is 29.1 Å². The second kappa shape index (κ2) is 7.94. The summed E-state index contributed by atoms with van der Waals surface area (Å²) in [6.45, 7) is 1.13. The number of carbonyl (C=O) groups excluding carboxylic acids is 2. The van der Waals surface area contributed by atoms with Crippen LogP contribution in [0.2, 0.25) is 0 Å². The van der Waals surface area contributed by atoms with E-state index in [1.54, 1.807) is 47.7 Å². The first-order valence-corrected chi connectivity index (χ1v) is 11.5. The summed E-state index contributed by atoms with van der Waals surface area (Å²) in [5, 5.41) is 2.70.